The van der Waals surface area contributed by atoms with Gasteiger partial charge in [0.05, 0.1) is 0 Å². The topological polar surface area (TPSA) is 30.5 Å². The number of hydrogen-bond donors (Lipinski definition) is 1. The summed E-state index contributed by atoms with van der Waals surface area (Å²) in [6, 6.07) is 2.22. The molecule has 0 saturated heterocycles. The minimum absolute atomic E-state index is 0.0235. The van der Waals surface area contributed by atoms with E-state index >= 15 is 0 Å². The van der Waals surface area contributed by atoms with E-state index in [1.165, 1.54) is 10.4 Å². The first-order chi connectivity index (χ1) is 7.69. The molecule has 2 heterocycles. The molecule has 0 amide bonds. The second kappa shape index (κ2) is 4.84. The Morgan fingerprint density at radius 3 is 2.94 bits per heavy atom. The third-order valence-corrected chi connectivity index (χ3v) is 4.29. The van der Waals surface area contributed by atoms with Crippen molar-refractivity contribution in [2.45, 2.75) is 31.6 Å². The molecule has 4 heteroatoms. The number of hydrogen-bond acceptors (Lipinski definition) is 4. The Labute approximate surface area is 101 Å². The zero-order chi connectivity index (χ0) is 11.6. The van der Waals surface area contributed by atoms with Crippen LogP contribution in [-0.2, 0) is 21.4 Å². The van der Waals surface area contributed by atoms with Gasteiger partial charge in [-0.1, -0.05) is 0 Å². The number of nitrogens with one attached hydrogen (secondary N) is 1. The number of rotatable bonds is 4. The van der Waals surface area contributed by atoms with Gasteiger partial charge < -0.3 is 14.8 Å². The van der Waals surface area contributed by atoms with Crippen molar-refractivity contribution in [3.8, 4) is 0 Å². The minimum atomic E-state index is -0.150. The molecule has 0 spiro atoms. The molecule has 0 aromatic carbocycles. The van der Waals surface area contributed by atoms with E-state index < -0.39 is 0 Å². The van der Waals surface area contributed by atoms with Gasteiger partial charge in [0.25, 0.3) is 0 Å². The van der Waals surface area contributed by atoms with Crippen LogP contribution in [0.3, 0.4) is 0 Å². The Morgan fingerprint density at radius 2 is 2.25 bits per heavy atom. The Hall–Kier alpha value is -0.420. The molecule has 0 bridgehead atoms. The third kappa shape index (κ3) is 2.15. The molecule has 1 aliphatic rings. The van der Waals surface area contributed by atoms with E-state index in [4.69, 9.17) is 9.47 Å². The predicted molar refractivity (Wildman–Crippen MR) is 65.8 cm³/mol. The zero-order valence-electron chi connectivity index (χ0n) is 10.1. The largest absolute Gasteiger partial charge is 0.356 e. The lowest BCUT2D eigenvalue weighted by Crippen LogP contribution is -2.47. The molecular formula is C12H19NO2S. The molecule has 0 fully saturated rings. The average Bonchev–Trinajstić information content (AvgIpc) is 2.76. The summed E-state index contributed by atoms with van der Waals surface area (Å²) in [4.78, 5) is 1.49. The van der Waals surface area contributed by atoms with Crippen molar-refractivity contribution in [2.24, 2.45) is 0 Å². The summed E-state index contributed by atoms with van der Waals surface area (Å²) in [5, 5.41) is 5.75. The van der Waals surface area contributed by atoms with E-state index in [1.807, 2.05) is 11.3 Å². The van der Waals surface area contributed by atoms with Crippen LogP contribution in [-0.4, -0.2) is 27.1 Å². The van der Waals surface area contributed by atoms with Gasteiger partial charge in [-0.25, -0.2) is 0 Å². The molecule has 2 rings (SSSR count). The van der Waals surface area contributed by atoms with Crippen LogP contribution in [0.5, 0.6) is 0 Å². The second-order valence-corrected chi connectivity index (χ2v) is 5.37. The van der Waals surface area contributed by atoms with Crippen molar-refractivity contribution in [2.75, 3.05) is 20.8 Å². The summed E-state index contributed by atoms with van der Waals surface area (Å²) in [5.74, 6) is 0. The highest BCUT2D eigenvalue weighted by Crippen LogP contribution is 2.35. The van der Waals surface area contributed by atoms with Crippen LogP contribution in [0.1, 0.15) is 23.8 Å². The molecule has 16 heavy (non-hydrogen) atoms. The van der Waals surface area contributed by atoms with Gasteiger partial charge >= 0.3 is 0 Å². The van der Waals surface area contributed by atoms with E-state index in [0.29, 0.717) is 0 Å². The highest BCUT2D eigenvalue weighted by Gasteiger charge is 2.34. The van der Waals surface area contributed by atoms with Crippen LogP contribution in [0.4, 0.5) is 0 Å². The maximum Gasteiger partial charge on any atom is 0.158 e. The maximum absolute atomic E-state index is 5.30. The third-order valence-electron chi connectivity index (χ3n) is 3.31. The van der Waals surface area contributed by atoms with Crippen molar-refractivity contribution >= 4 is 11.3 Å². The normalized spacial score (nSPS) is 24.8. The molecule has 1 aromatic heterocycles. The number of thiophene rings is 1. The number of ether oxygens (including phenoxy) is 2. The monoisotopic (exact) mass is 241 g/mol. The SMILES string of the molecule is COC(CC1(C)NCCc2sccc21)OC. The second-order valence-electron chi connectivity index (χ2n) is 4.37. The first kappa shape index (κ1) is 12.0. The Morgan fingerprint density at radius 1 is 1.50 bits per heavy atom. The summed E-state index contributed by atoms with van der Waals surface area (Å²) in [7, 11) is 3.38. The average molecular weight is 241 g/mol. The summed E-state index contributed by atoms with van der Waals surface area (Å²) >= 11 is 1.85. The highest BCUT2D eigenvalue weighted by molar-refractivity contribution is 7.10. The molecule has 1 aliphatic heterocycles. The molecule has 1 atom stereocenters. The molecule has 90 valence electrons. The van der Waals surface area contributed by atoms with Crippen molar-refractivity contribution in [1.29, 1.82) is 0 Å². The lowest BCUT2D eigenvalue weighted by atomic mass is 9.85. The summed E-state index contributed by atoms with van der Waals surface area (Å²) in [6.45, 7) is 3.26. The standard InChI is InChI=1S/C12H19NO2S/c1-12(8-11(14-2)15-3)9-5-7-16-10(9)4-6-13-12/h5,7,11,13H,4,6,8H2,1-3H3. The van der Waals surface area contributed by atoms with Crippen molar-refractivity contribution < 1.29 is 9.47 Å². The van der Waals surface area contributed by atoms with Gasteiger partial charge in [0, 0.05) is 37.6 Å². The van der Waals surface area contributed by atoms with E-state index in [-0.39, 0.29) is 11.8 Å². The van der Waals surface area contributed by atoms with Crippen LogP contribution in [0.25, 0.3) is 0 Å². The predicted octanol–water partition coefficient (Wildman–Crippen LogP) is 2.12. The van der Waals surface area contributed by atoms with Crippen LogP contribution < -0.4 is 5.32 Å². The fourth-order valence-electron chi connectivity index (χ4n) is 2.35. The van der Waals surface area contributed by atoms with Gasteiger partial charge in [-0.3, -0.25) is 0 Å². The Balaban J connectivity index is 2.20. The highest BCUT2D eigenvalue weighted by atomic mass is 32.1. The first-order valence-corrected chi connectivity index (χ1v) is 6.45. The van der Waals surface area contributed by atoms with Gasteiger partial charge in [0.2, 0.25) is 0 Å². The number of methoxy groups -OCH3 is 2. The molecule has 3 nitrogen and oxygen atoms in total. The Bertz CT molecular complexity index is 349. The van der Waals surface area contributed by atoms with Crippen molar-refractivity contribution in [1.82, 2.24) is 5.32 Å². The Kier molecular flexibility index (Phi) is 3.64. The molecule has 1 N–H and O–H groups in total. The van der Waals surface area contributed by atoms with Gasteiger partial charge in [0.1, 0.15) is 0 Å². The van der Waals surface area contributed by atoms with Crippen molar-refractivity contribution in [3.05, 3.63) is 21.9 Å². The van der Waals surface area contributed by atoms with E-state index in [0.717, 1.165) is 19.4 Å². The molecule has 0 aliphatic carbocycles. The summed E-state index contributed by atoms with van der Waals surface area (Å²) < 4.78 is 10.6. The maximum atomic E-state index is 5.30. The molecular weight excluding hydrogens is 222 g/mol. The summed E-state index contributed by atoms with van der Waals surface area (Å²) in [5.41, 5.74) is 1.38. The van der Waals surface area contributed by atoms with Crippen LogP contribution >= 0.6 is 11.3 Å². The molecule has 1 aromatic rings. The fraction of sp³-hybridized carbons (Fsp3) is 0.667. The van der Waals surface area contributed by atoms with Crippen molar-refractivity contribution in [3.63, 3.8) is 0 Å². The minimum Gasteiger partial charge on any atom is -0.356 e. The molecule has 0 radical (unpaired) electrons. The molecule has 1 unspecified atom stereocenters. The van der Waals surface area contributed by atoms with Gasteiger partial charge in [0.15, 0.2) is 6.29 Å². The summed E-state index contributed by atoms with van der Waals surface area (Å²) in [6.07, 6.45) is 1.82. The lowest BCUT2D eigenvalue weighted by molar-refractivity contribution is -0.119. The van der Waals surface area contributed by atoms with E-state index in [2.05, 4.69) is 23.7 Å². The number of fused-ring (bicyclic) bond motifs is 1. The van der Waals surface area contributed by atoms with Gasteiger partial charge in [-0.05, 0) is 30.4 Å². The smallest absolute Gasteiger partial charge is 0.158 e. The first-order valence-electron chi connectivity index (χ1n) is 5.57. The molecule has 0 saturated carbocycles. The van der Waals surface area contributed by atoms with Gasteiger partial charge in [-0.2, -0.15) is 0 Å². The lowest BCUT2D eigenvalue weighted by Gasteiger charge is -2.37. The van der Waals surface area contributed by atoms with Crippen LogP contribution in [0.2, 0.25) is 0 Å². The fourth-order valence-corrected chi connectivity index (χ4v) is 3.36. The van der Waals surface area contributed by atoms with Gasteiger partial charge in [-0.15, -0.1) is 11.3 Å². The van der Waals surface area contributed by atoms with Crippen LogP contribution in [0.15, 0.2) is 11.4 Å². The quantitative estimate of drug-likeness (QED) is 0.819. The zero-order valence-corrected chi connectivity index (χ0v) is 10.9. The van der Waals surface area contributed by atoms with Crippen LogP contribution in [0, 0.1) is 0 Å². The van der Waals surface area contributed by atoms with E-state index in [9.17, 15) is 0 Å². The van der Waals surface area contributed by atoms with E-state index in [1.54, 1.807) is 14.2 Å².